The average Bonchev–Trinajstić information content (AvgIpc) is 2.99. The highest BCUT2D eigenvalue weighted by atomic mass is 16.6. The lowest BCUT2D eigenvalue weighted by Gasteiger charge is -2.19. The quantitative estimate of drug-likeness (QED) is 0.103. The maximum atomic E-state index is 12.2. The summed E-state index contributed by atoms with van der Waals surface area (Å²) in [5.41, 5.74) is 0. The molecule has 0 saturated carbocycles. The first-order valence-corrected chi connectivity index (χ1v) is 14.1. The van der Waals surface area contributed by atoms with Crippen LogP contribution < -0.4 is 0 Å². The Hall–Kier alpha value is -4.32. The molecule has 0 saturated heterocycles. The van der Waals surface area contributed by atoms with E-state index in [9.17, 15) is 38.4 Å². The minimum Gasteiger partial charge on any atom is -0.463 e. The second kappa shape index (κ2) is 20.7. The highest BCUT2D eigenvalue weighted by Crippen LogP contribution is 2.08. The summed E-state index contributed by atoms with van der Waals surface area (Å²) in [6.45, 7) is 9.20. The molecule has 0 aromatic carbocycles. The topological polar surface area (TPSA) is 240 Å². The molecule has 18 nitrogen and oxygen atoms in total. The maximum absolute atomic E-state index is 12.2. The van der Waals surface area contributed by atoms with Crippen LogP contribution in [-0.2, 0) is 81.0 Å². The second-order valence-electron chi connectivity index (χ2n) is 9.72. The van der Waals surface area contributed by atoms with E-state index in [-0.39, 0.29) is 19.6 Å². The van der Waals surface area contributed by atoms with Crippen molar-refractivity contribution in [1.29, 1.82) is 0 Å². The van der Waals surface area contributed by atoms with Gasteiger partial charge in [-0.2, -0.15) is 0 Å². The zero-order valence-electron chi connectivity index (χ0n) is 27.1. The molecule has 18 heteroatoms. The highest BCUT2D eigenvalue weighted by Gasteiger charge is 2.31. The van der Waals surface area contributed by atoms with Gasteiger partial charge in [-0.15, -0.1) is 0 Å². The van der Waals surface area contributed by atoms with Gasteiger partial charge in [-0.25, -0.2) is 38.4 Å². The molecule has 0 spiro atoms. The van der Waals surface area contributed by atoms with Gasteiger partial charge in [0.05, 0.1) is 13.2 Å². The third-order valence-corrected chi connectivity index (χ3v) is 5.55. The summed E-state index contributed by atoms with van der Waals surface area (Å²) in [6, 6.07) is 0. The average molecular weight is 667 g/mol. The number of hydrogen-bond donors (Lipinski definition) is 1. The number of carbonyl (C=O) groups is 8. The van der Waals surface area contributed by atoms with Gasteiger partial charge in [0.25, 0.3) is 0 Å². The van der Waals surface area contributed by atoms with Crippen molar-refractivity contribution in [2.45, 2.75) is 111 Å². The Kier molecular flexibility index (Phi) is 18.7. The van der Waals surface area contributed by atoms with E-state index in [1.807, 2.05) is 0 Å². The first-order valence-electron chi connectivity index (χ1n) is 14.1. The molecular formula is C28H42O18. The molecule has 0 rings (SSSR count). The maximum Gasteiger partial charge on any atom is 0.347 e. The molecule has 46 heavy (non-hydrogen) atoms. The summed E-state index contributed by atoms with van der Waals surface area (Å²) < 4.78 is 43.7. The van der Waals surface area contributed by atoms with E-state index in [2.05, 4.69) is 4.74 Å². The predicted octanol–water partition coefficient (Wildman–Crippen LogP) is -0.531. The first-order chi connectivity index (χ1) is 21.3. The number of aliphatic hydroxyl groups excluding tert-OH is 1. The molecule has 0 aromatic heterocycles. The zero-order chi connectivity index (χ0) is 35.7. The summed E-state index contributed by atoms with van der Waals surface area (Å²) >= 11 is 0. The molecule has 8 unspecified atom stereocenters. The molecule has 0 radical (unpaired) electrons. The molecule has 0 aliphatic carbocycles. The van der Waals surface area contributed by atoms with Crippen molar-refractivity contribution in [3.8, 4) is 0 Å². The van der Waals surface area contributed by atoms with Gasteiger partial charge in [0.2, 0.25) is 0 Å². The molecule has 0 aliphatic rings. The molecular weight excluding hydrogens is 624 g/mol. The smallest absolute Gasteiger partial charge is 0.347 e. The minimum atomic E-state index is -1.47. The molecule has 0 amide bonds. The van der Waals surface area contributed by atoms with Gasteiger partial charge in [-0.1, -0.05) is 0 Å². The molecule has 0 heterocycles. The van der Waals surface area contributed by atoms with E-state index < -0.39 is 96.6 Å². The largest absolute Gasteiger partial charge is 0.463 e. The number of aliphatic hydroxyl groups is 1. The van der Waals surface area contributed by atoms with Crippen molar-refractivity contribution in [2.24, 2.45) is 0 Å². The summed E-state index contributed by atoms with van der Waals surface area (Å²) in [6.07, 6.45) is -10.9. The zero-order valence-corrected chi connectivity index (χ0v) is 27.1. The van der Waals surface area contributed by atoms with Gasteiger partial charge in [-0.05, 0) is 55.4 Å². The van der Waals surface area contributed by atoms with E-state index in [0.29, 0.717) is 0 Å². The van der Waals surface area contributed by atoms with Crippen molar-refractivity contribution in [1.82, 2.24) is 0 Å². The molecule has 8 atom stereocenters. The fourth-order valence-corrected chi connectivity index (χ4v) is 2.65. The third kappa shape index (κ3) is 15.6. The van der Waals surface area contributed by atoms with E-state index in [1.54, 1.807) is 0 Å². The number of hydrogen-bond acceptors (Lipinski definition) is 18. The van der Waals surface area contributed by atoms with Gasteiger partial charge < -0.3 is 47.7 Å². The normalized spacial score (nSPS) is 16.0. The Morgan fingerprint density at radius 3 is 0.913 bits per heavy atom. The first kappa shape index (κ1) is 41.7. The summed E-state index contributed by atoms with van der Waals surface area (Å²) in [4.78, 5) is 95.6. The molecule has 0 fully saturated rings. The predicted molar refractivity (Wildman–Crippen MR) is 148 cm³/mol. The van der Waals surface area contributed by atoms with Crippen LogP contribution in [0.5, 0.6) is 0 Å². The van der Waals surface area contributed by atoms with Crippen molar-refractivity contribution >= 4 is 47.8 Å². The Morgan fingerprint density at radius 2 is 0.652 bits per heavy atom. The van der Waals surface area contributed by atoms with Crippen LogP contribution in [0.15, 0.2) is 0 Å². The van der Waals surface area contributed by atoms with Crippen LogP contribution in [0, 0.1) is 0 Å². The standard InChI is InChI=1S/C28H42O18/c1-13(29)21(30)41-17(5)25(34)45-19(7)26(35)42-15(3)22(31)39-11-10-12-40-23(32)16(4)43-27(36)20(8)46-28(37)18(6)44-24(33)14(2)38-9/h13-20,29H,10-12H2,1-9H3. The van der Waals surface area contributed by atoms with Gasteiger partial charge in [-0.3, -0.25) is 0 Å². The molecule has 0 aromatic rings. The van der Waals surface area contributed by atoms with Crippen molar-refractivity contribution in [2.75, 3.05) is 20.3 Å². The van der Waals surface area contributed by atoms with Gasteiger partial charge in [0.1, 0.15) is 6.10 Å². The fraction of sp³-hybridized carbons (Fsp3) is 0.714. The SMILES string of the molecule is COC(C)C(=O)OC(C)C(=O)OC(C)C(=O)OC(C)C(=O)OCCCOC(=O)C(C)OC(=O)C(C)OC(=O)C(C)OC(=O)C(C)O. The van der Waals surface area contributed by atoms with Crippen molar-refractivity contribution < 1.29 is 86.1 Å². The number of rotatable bonds is 19. The van der Waals surface area contributed by atoms with Gasteiger partial charge in [0, 0.05) is 13.5 Å². The third-order valence-electron chi connectivity index (χ3n) is 5.55. The van der Waals surface area contributed by atoms with E-state index in [1.165, 1.54) is 48.7 Å². The lowest BCUT2D eigenvalue weighted by atomic mass is 10.3. The van der Waals surface area contributed by atoms with Crippen molar-refractivity contribution in [3.63, 3.8) is 0 Å². The summed E-state index contributed by atoms with van der Waals surface area (Å²) in [5, 5.41) is 9.12. The molecule has 0 aliphatic heterocycles. The van der Waals surface area contributed by atoms with E-state index >= 15 is 0 Å². The van der Waals surface area contributed by atoms with Crippen LogP contribution in [0.4, 0.5) is 0 Å². The van der Waals surface area contributed by atoms with Crippen LogP contribution >= 0.6 is 0 Å². The Morgan fingerprint density at radius 1 is 0.413 bits per heavy atom. The number of ether oxygens (including phenoxy) is 9. The van der Waals surface area contributed by atoms with Crippen LogP contribution in [0.25, 0.3) is 0 Å². The lowest BCUT2D eigenvalue weighted by Crippen LogP contribution is -2.37. The Balaban J connectivity index is 4.43. The number of esters is 8. The fourth-order valence-electron chi connectivity index (χ4n) is 2.65. The second-order valence-corrected chi connectivity index (χ2v) is 9.72. The van der Waals surface area contributed by atoms with Crippen LogP contribution in [0.1, 0.15) is 61.8 Å². The van der Waals surface area contributed by atoms with E-state index in [0.717, 1.165) is 13.8 Å². The summed E-state index contributed by atoms with van der Waals surface area (Å²) in [5.74, 6) is -8.08. The molecule has 0 bridgehead atoms. The van der Waals surface area contributed by atoms with Crippen LogP contribution in [-0.4, -0.2) is 122 Å². The Bertz CT molecular complexity index is 1080. The number of methoxy groups -OCH3 is 1. The van der Waals surface area contributed by atoms with Gasteiger partial charge in [0.15, 0.2) is 42.7 Å². The molecule has 1 N–H and O–H groups in total. The monoisotopic (exact) mass is 666 g/mol. The summed E-state index contributed by atoms with van der Waals surface area (Å²) in [7, 11) is 1.28. The van der Waals surface area contributed by atoms with Gasteiger partial charge >= 0.3 is 47.8 Å². The Labute approximate surface area is 265 Å². The van der Waals surface area contributed by atoms with Crippen LogP contribution in [0.2, 0.25) is 0 Å². The number of carbonyl (C=O) groups excluding carboxylic acids is 8. The lowest BCUT2D eigenvalue weighted by molar-refractivity contribution is -0.184. The minimum absolute atomic E-state index is 0.0161. The van der Waals surface area contributed by atoms with Crippen LogP contribution in [0.3, 0.4) is 0 Å². The van der Waals surface area contributed by atoms with Crippen molar-refractivity contribution in [3.05, 3.63) is 0 Å². The van der Waals surface area contributed by atoms with E-state index in [4.69, 9.17) is 43.0 Å². The molecule has 262 valence electrons. The highest BCUT2D eigenvalue weighted by molar-refractivity contribution is 5.86.